The average Bonchev–Trinajstić information content (AvgIpc) is 2.44. The van der Waals surface area contributed by atoms with E-state index in [4.69, 9.17) is 9.84 Å². The second-order valence-corrected chi connectivity index (χ2v) is 3.98. The van der Waals surface area contributed by atoms with Crippen molar-refractivity contribution in [2.24, 2.45) is 0 Å². The summed E-state index contributed by atoms with van der Waals surface area (Å²) in [6.07, 6.45) is 3.16. The second-order valence-electron chi connectivity index (χ2n) is 3.98. The molecule has 1 aromatic rings. The molecular formula is C15H17NO4. The summed E-state index contributed by atoms with van der Waals surface area (Å²) in [6, 6.07) is 5.61. The summed E-state index contributed by atoms with van der Waals surface area (Å²) < 4.78 is 5.36. The van der Waals surface area contributed by atoms with Crippen LogP contribution in [0.1, 0.15) is 16.8 Å². The van der Waals surface area contributed by atoms with E-state index in [1.165, 1.54) is 6.08 Å². The van der Waals surface area contributed by atoms with Crippen LogP contribution in [-0.4, -0.2) is 29.6 Å². The van der Waals surface area contributed by atoms with E-state index in [0.29, 0.717) is 5.75 Å². The van der Waals surface area contributed by atoms with Gasteiger partial charge >= 0.3 is 5.97 Å². The van der Waals surface area contributed by atoms with Crippen LogP contribution < -0.4 is 10.1 Å². The number of carboxylic acid groups (broad SMARTS) is 1. The standard InChI is InChI=1S/C15H17NO4/c1-3-7-12(15(18)19)16-14(17)11-8-5-6-9-13(11)20-10-4-2/h3-6,8-9,12H,1-2,7,10H2,(H,16,17)(H,18,19). The molecule has 0 aromatic heterocycles. The van der Waals surface area contributed by atoms with E-state index in [1.807, 2.05) is 0 Å². The Hall–Kier alpha value is -2.56. The number of amides is 1. The van der Waals surface area contributed by atoms with E-state index in [0.717, 1.165) is 0 Å². The number of carbonyl (C=O) groups excluding carboxylic acids is 1. The normalized spacial score (nSPS) is 11.2. The van der Waals surface area contributed by atoms with Gasteiger partial charge in [-0.15, -0.1) is 6.58 Å². The number of hydrogen-bond acceptors (Lipinski definition) is 3. The lowest BCUT2D eigenvalue weighted by molar-refractivity contribution is -0.139. The van der Waals surface area contributed by atoms with Gasteiger partial charge in [-0.25, -0.2) is 4.79 Å². The Kier molecular flexibility index (Phi) is 6.03. The van der Waals surface area contributed by atoms with Crippen molar-refractivity contribution >= 4 is 11.9 Å². The molecule has 0 radical (unpaired) electrons. The van der Waals surface area contributed by atoms with Gasteiger partial charge < -0.3 is 15.2 Å². The zero-order valence-corrected chi connectivity index (χ0v) is 11.0. The highest BCUT2D eigenvalue weighted by atomic mass is 16.5. The first-order valence-corrected chi connectivity index (χ1v) is 6.07. The van der Waals surface area contributed by atoms with Crippen LogP contribution >= 0.6 is 0 Å². The largest absolute Gasteiger partial charge is 0.489 e. The molecule has 2 N–H and O–H groups in total. The lowest BCUT2D eigenvalue weighted by Gasteiger charge is -2.14. The molecule has 0 bridgehead atoms. The molecule has 1 unspecified atom stereocenters. The van der Waals surface area contributed by atoms with Crippen LogP contribution in [0.25, 0.3) is 0 Å². The number of hydrogen-bond donors (Lipinski definition) is 2. The predicted molar refractivity (Wildman–Crippen MR) is 75.8 cm³/mol. The SMILES string of the molecule is C=CCOc1ccccc1C(=O)NC(CC=C)C(=O)O. The summed E-state index contributed by atoms with van der Waals surface area (Å²) in [5.74, 6) is -1.23. The Bertz CT molecular complexity index is 510. The van der Waals surface area contributed by atoms with Crippen molar-refractivity contribution in [3.05, 3.63) is 55.1 Å². The third kappa shape index (κ3) is 4.28. The fourth-order valence-corrected chi connectivity index (χ4v) is 1.55. The number of para-hydroxylation sites is 1. The molecule has 0 saturated carbocycles. The van der Waals surface area contributed by atoms with Crippen LogP contribution in [-0.2, 0) is 4.79 Å². The third-order valence-electron chi connectivity index (χ3n) is 2.49. The summed E-state index contributed by atoms with van der Waals surface area (Å²) in [5, 5.41) is 11.4. The van der Waals surface area contributed by atoms with Crippen molar-refractivity contribution in [1.29, 1.82) is 0 Å². The van der Waals surface area contributed by atoms with Gasteiger partial charge in [0.1, 0.15) is 18.4 Å². The number of ether oxygens (including phenoxy) is 1. The molecule has 5 nitrogen and oxygen atoms in total. The maximum absolute atomic E-state index is 12.1. The van der Waals surface area contributed by atoms with E-state index in [9.17, 15) is 9.59 Å². The monoisotopic (exact) mass is 275 g/mol. The van der Waals surface area contributed by atoms with Gasteiger partial charge in [0.05, 0.1) is 5.56 Å². The number of benzene rings is 1. The van der Waals surface area contributed by atoms with Crippen LogP contribution in [0.4, 0.5) is 0 Å². The van der Waals surface area contributed by atoms with Crippen molar-refractivity contribution < 1.29 is 19.4 Å². The first-order valence-electron chi connectivity index (χ1n) is 6.07. The topological polar surface area (TPSA) is 75.6 Å². The number of carbonyl (C=O) groups is 2. The molecule has 0 aliphatic rings. The number of rotatable bonds is 8. The van der Waals surface area contributed by atoms with Gasteiger partial charge in [0.25, 0.3) is 5.91 Å². The molecule has 20 heavy (non-hydrogen) atoms. The average molecular weight is 275 g/mol. The Balaban J connectivity index is 2.87. The maximum atomic E-state index is 12.1. The first kappa shape index (κ1) is 15.5. The molecule has 1 aromatic carbocycles. The Morgan fingerprint density at radius 1 is 1.30 bits per heavy atom. The second kappa shape index (κ2) is 7.78. The van der Waals surface area contributed by atoms with Gasteiger partial charge in [-0.1, -0.05) is 30.9 Å². The molecule has 5 heteroatoms. The molecule has 0 fully saturated rings. The number of nitrogens with one attached hydrogen (secondary N) is 1. The van der Waals surface area contributed by atoms with Gasteiger partial charge in [0.2, 0.25) is 0 Å². The Morgan fingerprint density at radius 3 is 2.60 bits per heavy atom. The summed E-state index contributed by atoms with van der Waals surface area (Å²) in [4.78, 5) is 23.1. The van der Waals surface area contributed by atoms with Crippen molar-refractivity contribution in [1.82, 2.24) is 5.32 Å². The maximum Gasteiger partial charge on any atom is 0.326 e. The number of aliphatic carboxylic acids is 1. The van der Waals surface area contributed by atoms with Crippen molar-refractivity contribution in [3.63, 3.8) is 0 Å². The van der Waals surface area contributed by atoms with Gasteiger partial charge in [0, 0.05) is 0 Å². The molecule has 106 valence electrons. The lowest BCUT2D eigenvalue weighted by Crippen LogP contribution is -2.40. The fraction of sp³-hybridized carbons (Fsp3) is 0.200. The van der Waals surface area contributed by atoms with Crippen LogP contribution in [0, 0.1) is 0 Å². The number of carboxylic acids is 1. The van der Waals surface area contributed by atoms with Crippen LogP contribution in [0.15, 0.2) is 49.6 Å². The van der Waals surface area contributed by atoms with Crippen LogP contribution in [0.3, 0.4) is 0 Å². The van der Waals surface area contributed by atoms with Gasteiger partial charge in [-0.2, -0.15) is 0 Å². The Labute approximate surface area is 117 Å². The highest BCUT2D eigenvalue weighted by Crippen LogP contribution is 2.18. The molecule has 1 rings (SSSR count). The molecule has 1 amide bonds. The van der Waals surface area contributed by atoms with E-state index < -0.39 is 17.9 Å². The molecule has 0 aliphatic carbocycles. The minimum atomic E-state index is -1.11. The molecular weight excluding hydrogens is 258 g/mol. The molecule has 0 heterocycles. The van der Waals surface area contributed by atoms with E-state index in [-0.39, 0.29) is 18.6 Å². The zero-order chi connectivity index (χ0) is 15.0. The third-order valence-corrected chi connectivity index (χ3v) is 2.49. The summed E-state index contributed by atoms with van der Waals surface area (Å²) in [7, 11) is 0. The van der Waals surface area contributed by atoms with E-state index >= 15 is 0 Å². The zero-order valence-electron chi connectivity index (χ0n) is 11.0. The van der Waals surface area contributed by atoms with Crippen LogP contribution in [0.2, 0.25) is 0 Å². The van der Waals surface area contributed by atoms with Gasteiger partial charge in [-0.05, 0) is 18.6 Å². The molecule has 0 saturated heterocycles. The molecule has 1 atom stereocenters. The van der Waals surface area contributed by atoms with Gasteiger partial charge in [0.15, 0.2) is 0 Å². The van der Waals surface area contributed by atoms with Crippen LogP contribution in [0.5, 0.6) is 5.75 Å². The minimum absolute atomic E-state index is 0.150. The Morgan fingerprint density at radius 2 is 2.00 bits per heavy atom. The fourth-order valence-electron chi connectivity index (χ4n) is 1.55. The van der Waals surface area contributed by atoms with Gasteiger partial charge in [-0.3, -0.25) is 4.79 Å². The quantitative estimate of drug-likeness (QED) is 0.712. The highest BCUT2D eigenvalue weighted by Gasteiger charge is 2.20. The smallest absolute Gasteiger partial charge is 0.326 e. The molecule has 0 spiro atoms. The lowest BCUT2D eigenvalue weighted by atomic mass is 10.1. The van der Waals surface area contributed by atoms with Crippen molar-refractivity contribution in [2.75, 3.05) is 6.61 Å². The minimum Gasteiger partial charge on any atom is -0.489 e. The summed E-state index contributed by atoms with van der Waals surface area (Å²) >= 11 is 0. The van der Waals surface area contributed by atoms with Crippen molar-refractivity contribution in [3.8, 4) is 5.75 Å². The van der Waals surface area contributed by atoms with E-state index in [2.05, 4.69) is 18.5 Å². The van der Waals surface area contributed by atoms with E-state index in [1.54, 1.807) is 30.3 Å². The first-order chi connectivity index (χ1) is 9.60. The highest BCUT2D eigenvalue weighted by molar-refractivity contribution is 5.98. The molecule has 0 aliphatic heterocycles. The predicted octanol–water partition coefficient (Wildman–Crippen LogP) is 2.01. The van der Waals surface area contributed by atoms with Crippen molar-refractivity contribution in [2.45, 2.75) is 12.5 Å². The summed E-state index contributed by atoms with van der Waals surface area (Å²) in [6.45, 7) is 7.27. The summed E-state index contributed by atoms with van der Waals surface area (Å²) in [5.41, 5.74) is 0.282.